The van der Waals surface area contributed by atoms with E-state index < -0.39 is 18.2 Å². The molecule has 0 bridgehead atoms. The predicted molar refractivity (Wildman–Crippen MR) is 114 cm³/mol. The van der Waals surface area contributed by atoms with E-state index in [1.807, 2.05) is 24.3 Å². The highest BCUT2D eigenvalue weighted by Gasteiger charge is 2.39. The van der Waals surface area contributed by atoms with E-state index >= 15 is 0 Å². The molecule has 4 atom stereocenters. The monoisotopic (exact) mass is 418 g/mol. The highest BCUT2D eigenvalue weighted by atomic mass is 16.5. The van der Waals surface area contributed by atoms with Crippen molar-refractivity contribution in [1.29, 1.82) is 0 Å². The fourth-order valence-electron chi connectivity index (χ4n) is 4.17. The van der Waals surface area contributed by atoms with Crippen LogP contribution in [0.5, 0.6) is 0 Å². The second-order valence-electron chi connectivity index (χ2n) is 8.18. The van der Waals surface area contributed by atoms with Gasteiger partial charge in [0.1, 0.15) is 5.78 Å². The van der Waals surface area contributed by atoms with Crippen molar-refractivity contribution in [1.82, 2.24) is 0 Å². The summed E-state index contributed by atoms with van der Waals surface area (Å²) >= 11 is 0. The van der Waals surface area contributed by atoms with Crippen LogP contribution < -0.4 is 0 Å². The molecular formula is C24H34O6. The van der Waals surface area contributed by atoms with Crippen LogP contribution in [0.25, 0.3) is 0 Å². The number of Topliss-reactive ketones (excluding diaryl/α,β-unsaturated/α-hetero) is 1. The van der Waals surface area contributed by atoms with Crippen molar-refractivity contribution in [3.8, 4) is 0 Å². The number of rotatable bonds is 13. The second-order valence-corrected chi connectivity index (χ2v) is 8.18. The minimum Gasteiger partial charge on any atom is -0.481 e. The number of methoxy groups -OCH3 is 1. The van der Waals surface area contributed by atoms with Crippen LogP contribution >= 0.6 is 0 Å². The van der Waals surface area contributed by atoms with Gasteiger partial charge < -0.3 is 20.1 Å². The van der Waals surface area contributed by atoms with Crippen LogP contribution in [0.3, 0.4) is 0 Å². The summed E-state index contributed by atoms with van der Waals surface area (Å²) in [7, 11) is 1.64. The normalized spacial score (nSPS) is 22.6. The first-order valence-corrected chi connectivity index (χ1v) is 10.8. The van der Waals surface area contributed by atoms with Crippen LogP contribution in [0, 0.1) is 11.8 Å². The number of hydrogen-bond donors (Lipinski definition) is 3. The number of ether oxygens (including phenoxy) is 1. The summed E-state index contributed by atoms with van der Waals surface area (Å²) in [5.41, 5.74) is 2.05. The van der Waals surface area contributed by atoms with Crippen molar-refractivity contribution in [2.75, 3.05) is 7.11 Å². The maximum absolute atomic E-state index is 12.3. The Morgan fingerprint density at radius 2 is 1.97 bits per heavy atom. The van der Waals surface area contributed by atoms with Crippen LogP contribution in [0.15, 0.2) is 36.4 Å². The van der Waals surface area contributed by atoms with E-state index in [9.17, 15) is 19.8 Å². The average Bonchev–Trinajstić information content (AvgIpc) is 2.95. The Hall–Kier alpha value is -2.02. The molecule has 0 aromatic heterocycles. The smallest absolute Gasteiger partial charge is 0.303 e. The molecule has 0 aliphatic heterocycles. The summed E-state index contributed by atoms with van der Waals surface area (Å²) in [6.45, 7) is 0.522. The fraction of sp³-hybridized carbons (Fsp3) is 0.583. The molecule has 1 saturated carbocycles. The highest BCUT2D eigenvalue weighted by Crippen LogP contribution is 2.34. The van der Waals surface area contributed by atoms with E-state index in [0.29, 0.717) is 25.9 Å². The summed E-state index contributed by atoms with van der Waals surface area (Å²) in [5, 5.41) is 29.4. The molecule has 1 aliphatic carbocycles. The molecule has 0 unspecified atom stereocenters. The predicted octanol–water partition coefficient (Wildman–Crippen LogP) is 3.28. The molecule has 0 saturated heterocycles. The van der Waals surface area contributed by atoms with Crippen LogP contribution in [-0.2, 0) is 27.4 Å². The number of carbonyl (C=O) groups is 2. The lowest BCUT2D eigenvalue weighted by Gasteiger charge is -2.18. The van der Waals surface area contributed by atoms with Crippen LogP contribution in [0.4, 0.5) is 0 Å². The van der Waals surface area contributed by atoms with Gasteiger partial charge >= 0.3 is 5.97 Å². The van der Waals surface area contributed by atoms with Crippen molar-refractivity contribution >= 4 is 11.8 Å². The molecule has 3 N–H and O–H groups in total. The van der Waals surface area contributed by atoms with Gasteiger partial charge in [-0.15, -0.1) is 0 Å². The summed E-state index contributed by atoms with van der Waals surface area (Å²) in [5.74, 6) is -1.21. The number of aliphatic hydroxyl groups excluding tert-OH is 2. The van der Waals surface area contributed by atoms with E-state index in [4.69, 9.17) is 9.84 Å². The molecule has 166 valence electrons. The molecule has 1 fully saturated rings. The van der Waals surface area contributed by atoms with Gasteiger partial charge in [-0.05, 0) is 24.0 Å². The first kappa shape index (κ1) is 24.3. The zero-order valence-electron chi connectivity index (χ0n) is 17.7. The summed E-state index contributed by atoms with van der Waals surface area (Å²) < 4.78 is 5.14. The Morgan fingerprint density at radius 3 is 2.70 bits per heavy atom. The highest BCUT2D eigenvalue weighted by molar-refractivity contribution is 5.84. The van der Waals surface area contributed by atoms with Crippen molar-refractivity contribution < 1.29 is 29.6 Å². The molecular weight excluding hydrogens is 384 g/mol. The van der Waals surface area contributed by atoms with Gasteiger partial charge in [0, 0.05) is 38.2 Å². The van der Waals surface area contributed by atoms with Gasteiger partial charge in [0.05, 0.1) is 18.8 Å². The zero-order chi connectivity index (χ0) is 21.9. The van der Waals surface area contributed by atoms with Gasteiger partial charge in [-0.1, -0.05) is 55.7 Å². The van der Waals surface area contributed by atoms with Gasteiger partial charge in [0.15, 0.2) is 0 Å². The molecule has 1 aliphatic rings. The van der Waals surface area contributed by atoms with Gasteiger partial charge in [0.25, 0.3) is 0 Å². The van der Waals surface area contributed by atoms with Gasteiger partial charge in [0.2, 0.25) is 0 Å². The van der Waals surface area contributed by atoms with Gasteiger partial charge in [-0.25, -0.2) is 0 Å². The number of hydrogen-bond acceptors (Lipinski definition) is 5. The summed E-state index contributed by atoms with van der Waals surface area (Å²) in [4.78, 5) is 22.8. The molecule has 0 heterocycles. The molecule has 1 aromatic carbocycles. The number of carbonyl (C=O) groups excluding carboxylic acids is 1. The molecule has 0 radical (unpaired) electrons. The number of aliphatic carboxylic acids is 1. The quantitative estimate of drug-likeness (QED) is 0.335. The van der Waals surface area contributed by atoms with E-state index in [0.717, 1.165) is 30.4 Å². The van der Waals surface area contributed by atoms with E-state index in [2.05, 4.69) is 0 Å². The van der Waals surface area contributed by atoms with E-state index in [1.54, 1.807) is 19.3 Å². The Bertz CT molecular complexity index is 713. The lowest BCUT2D eigenvalue weighted by Crippen LogP contribution is -2.19. The minimum atomic E-state index is -0.779. The maximum atomic E-state index is 12.3. The summed E-state index contributed by atoms with van der Waals surface area (Å²) in [6, 6.07) is 7.87. The standard InChI is InChI=1S/C24H34O6/c1-30-16-18-8-6-7-17(13-18)14-19(25)11-12-21-20(22(26)15-23(21)27)9-4-2-3-5-10-24(28)29/h6-8,11-13,19-21,23,25,27H,2-5,9-10,14-16H2,1H3,(H,28,29)/b12-11+/t19-,20-,21+,23-/m1/s1. The third-order valence-electron chi connectivity index (χ3n) is 5.69. The van der Waals surface area contributed by atoms with E-state index in [-0.39, 0.29) is 30.5 Å². The fourth-order valence-corrected chi connectivity index (χ4v) is 4.17. The number of unbranched alkanes of at least 4 members (excludes halogenated alkanes) is 3. The molecule has 1 aromatic rings. The average molecular weight is 419 g/mol. The summed E-state index contributed by atoms with van der Waals surface area (Å²) in [6.07, 6.45) is 6.77. The number of carboxylic acid groups (broad SMARTS) is 1. The maximum Gasteiger partial charge on any atom is 0.303 e. The Balaban J connectivity index is 1.85. The molecule has 6 heteroatoms. The molecule has 30 heavy (non-hydrogen) atoms. The Labute approximate surface area is 178 Å². The van der Waals surface area contributed by atoms with Crippen molar-refractivity contribution in [3.63, 3.8) is 0 Å². The SMILES string of the molecule is COCc1cccc(C[C@H](O)/C=C/[C@@H]2[C@H](O)CC(=O)[C@@H]2CCCCCCC(=O)O)c1. The second kappa shape index (κ2) is 12.6. The van der Waals surface area contributed by atoms with Gasteiger partial charge in [-0.2, -0.15) is 0 Å². The van der Waals surface area contributed by atoms with Crippen LogP contribution in [0.2, 0.25) is 0 Å². The number of benzene rings is 1. The Morgan fingerprint density at radius 1 is 1.23 bits per heavy atom. The number of carboxylic acids is 1. The third kappa shape index (κ3) is 8.01. The first-order valence-electron chi connectivity index (χ1n) is 10.8. The van der Waals surface area contributed by atoms with Crippen molar-refractivity contribution in [3.05, 3.63) is 47.5 Å². The van der Waals surface area contributed by atoms with Gasteiger partial charge in [-0.3, -0.25) is 9.59 Å². The first-order chi connectivity index (χ1) is 14.4. The number of ketones is 1. The largest absolute Gasteiger partial charge is 0.481 e. The number of aliphatic hydroxyl groups is 2. The van der Waals surface area contributed by atoms with E-state index in [1.165, 1.54) is 0 Å². The molecule has 2 rings (SSSR count). The molecule has 6 nitrogen and oxygen atoms in total. The van der Waals surface area contributed by atoms with Crippen LogP contribution in [-0.4, -0.2) is 46.4 Å². The van der Waals surface area contributed by atoms with Crippen LogP contribution in [0.1, 0.15) is 56.1 Å². The van der Waals surface area contributed by atoms with Crippen molar-refractivity contribution in [2.24, 2.45) is 11.8 Å². The third-order valence-corrected chi connectivity index (χ3v) is 5.69. The zero-order valence-corrected chi connectivity index (χ0v) is 17.7. The topological polar surface area (TPSA) is 104 Å². The lowest BCUT2D eigenvalue weighted by molar-refractivity contribution is -0.137. The molecule has 0 spiro atoms. The minimum absolute atomic E-state index is 0.0736. The Kier molecular flexibility index (Phi) is 10.2. The van der Waals surface area contributed by atoms with Crippen molar-refractivity contribution in [2.45, 2.75) is 70.2 Å². The lowest BCUT2D eigenvalue weighted by atomic mass is 9.88. The molecule has 0 amide bonds.